The zero-order valence-corrected chi connectivity index (χ0v) is 16.0. The molecule has 0 aliphatic heterocycles. The molecular weight excluding hydrogens is 375 g/mol. The van der Waals surface area contributed by atoms with Crippen molar-refractivity contribution in [1.29, 1.82) is 0 Å². The van der Waals surface area contributed by atoms with Crippen molar-refractivity contribution < 1.29 is 12.8 Å². The van der Waals surface area contributed by atoms with E-state index in [9.17, 15) is 12.8 Å². The first-order chi connectivity index (χ1) is 12.2. The van der Waals surface area contributed by atoms with Crippen LogP contribution < -0.4 is 5.14 Å². The molecule has 0 saturated carbocycles. The lowest BCUT2D eigenvalue weighted by atomic mass is 10.2. The van der Waals surface area contributed by atoms with Crippen LogP contribution in [0.5, 0.6) is 0 Å². The maximum absolute atomic E-state index is 13.0. The van der Waals surface area contributed by atoms with Crippen LogP contribution in [0.3, 0.4) is 0 Å². The Labute approximate surface area is 156 Å². The number of benzene rings is 2. The zero-order chi connectivity index (χ0) is 19.1. The average molecular weight is 394 g/mol. The summed E-state index contributed by atoms with van der Waals surface area (Å²) in [5, 5.41) is 5.25. The SMILES string of the molecule is CN(Cc1ccc(F)cc1)Cn1c(=S)n(C)c2ccc(S(N)(=O)=O)cc21. The molecule has 2 N–H and O–H groups in total. The Morgan fingerprint density at radius 1 is 1.15 bits per heavy atom. The zero-order valence-electron chi connectivity index (χ0n) is 14.4. The minimum atomic E-state index is -3.80. The van der Waals surface area contributed by atoms with Gasteiger partial charge in [-0.1, -0.05) is 12.1 Å². The van der Waals surface area contributed by atoms with Gasteiger partial charge in [-0.05, 0) is 55.2 Å². The molecule has 3 rings (SSSR count). The van der Waals surface area contributed by atoms with Gasteiger partial charge in [0.1, 0.15) is 5.82 Å². The van der Waals surface area contributed by atoms with Gasteiger partial charge in [0.25, 0.3) is 0 Å². The molecule has 6 nitrogen and oxygen atoms in total. The Hall–Kier alpha value is -2.07. The number of hydrogen-bond acceptors (Lipinski definition) is 4. The van der Waals surface area contributed by atoms with E-state index in [1.165, 1.54) is 24.3 Å². The van der Waals surface area contributed by atoms with Crippen LogP contribution in [0, 0.1) is 10.6 Å². The van der Waals surface area contributed by atoms with Crippen LogP contribution in [0.1, 0.15) is 5.56 Å². The summed E-state index contributed by atoms with van der Waals surface area (Å²) in [6, 6.07) is 11.0. The topological polar surface area (TPSA) is 73.3 Å². The first kappa shape index (κ1) is 18.7. The molecule has 3 aromatic rings. The van der Waals surface area contributed by atoms with Gasteiger partial charge in [0, 0.05) is 13.6 Å². The van der Waals surface area contributed by atoms with Crippen molar-refractivity contribution in [2.75, 3.05) is 7.05 Å². The number of rotatable bonds is 5. The summed E-state index contributed by atoms with van der Waals surface area (Å²) in [5.74, 6) is -0.275. The molecule has 138 valence electrons. The van der Waals surface area contributed by atoms with Crippen LogP contribution in [0.4, 0.5) is 4.39 Å². The van der Waals surface area contributed by atoms with E-state index in [2.05, 4.69) is 0 Å². The molecule has 2 aromatic carbocycles. The summed E-state index contributed by atoms with van der Waals surface area (Å²) >= 11 is 5.50. The standard InChI is InChI=1S/C17H19FN4O2S2/c1-20(10-12-3-5-13(18)6-4-12)11-22-16-9-14(26(19,23)24)7-8-15(16)21(2)17(22)25/h3-9H,10-11H2,1-2H3,(H2,19,23,24). The molecule has 1 aromatic heterocycles. The van der Waals surface area contributed by atoms with Gasteiger partial charge >= 0.3 is 0 Å². The molecule has 0 bridgehead atoms. The lowest BCUT2D eigenvalue weighted by molar-refractivity contribution is 0.262. The van der Waals surface area contributed by atoms with E-state index in [-0.39, 0.29) is 10.7 Å². The molecule has 0 aliphatic carbocycles. The highest BCUT2D eigenvalue weighted by molar-refractivity contribution is 7.89. The third-order valence-electron chi connectivity index (χ3n) is 4.19. The Balaban J connectivity index is 1.97. The van der Waals surface area contributed by atoms with Crippen LogP contribution in [-0.2, 0) is 30.3 Å². The minimum Gasteiger partial charge on any atom is -0.320 e. The number of imidazole rings is 1. The van der Waals surface area contributed by atoms with Gasteiger partial charge in [-0.25, -0.2) is 17.9 Å². The van der Waals surface area contributed by atoms with Crippen molar-refractivity contribution in [2.45, 2.75) is 18.1 Å². The second kappa shape index (κ2) is 6.92. The number of fused-ring (bicyclic) bond motifs is 1. The minimum absolute atomic E-state index is 0.0422. The monoisotopic (exact) mass is 394 g/mol. The number of halogens is 1. The molecular formula is C17H19FN4O2S2. The average Bonchev–Trinajstić information content (AvgIpc) is 2.81. The van der Waals surface area contributed by atoms with Gasteiger partial charge < -0.3 is 9.13 Å². The highest BCUT2D eigenvalue weighted by Crippen LogP contribution is 2.21. The third kappa shape index (κ3) is 3.70. The summed E-state index contributed by atoms with van der Waals surface area (Å²) in [6.07, 6.45) is 0. The largest absolute Gasteiger partial charge is 0.320 e. The summed E-state index contributed by atoms with van der Waals surface area (Å²) in [5.41, 5.74) is 2.47. The number of hydrogen-bond donors (Lipinski definition) is 1. The lowest BCUT2D eigenvalue weighted by Crippen LogP contribution is -2.22. The predicted molar refractivity (Wildman–Crippen MR) is 101 cm³/mol. The van der Waals surface area contributed by atoms with Gasteiger partial charge in [0.05, 0.1) is 22.6 Å². The van der Waals surface area contributed by atoms with E-state index in [1.54, 1.807) is 18.2 Å². The lowest BCUT2D eigenvalue weighted by Gasteiger charge is -2.18. The van der Waals surface area contributed by atoms with Crippen LogP contribution in [0.2, 0.25) is 0 Å². The van der Waals surface area contributed by atoms with Crippen molar-refractivity contribution in [3.05, 3.63) is 58.6 Å². The van der Waals surface area contributed by atoms with E-state index in [1.807, 2.05) is 28.1 Å². The molecule has 1 heterocycles. The summed E-state index contributed by atoms with van der Waals surface area (Å²) < 4.78 is 40.6. The Morgan fingerprint density at radius 2 is 1.81 bits per heavy atom. The molecule has 26 heavy (non-hydrogen) atoms. The Kier molecular flexibility index (Phi) is 4.98. The molecule has 0 atom stereocenters. The van der Waals surface area contributed by atoms with E-state index in [0.29, 0.717) is 23.5 Å². The van der Waals surface area contributed by atoms with Crippen molar-refractivity contribution >= 4 is 33.3 Å². The van der Waals surface area contributed by atoms with Crippen LogP contribution >= 0.6 is 12.2 Å². The normalized spacial score (nSPS) is 12.2. The molecule has 0 fully saturated rings. The van der Waals surface area contributed by atoms with Gasteiger partial charge in [-0.3, -0.25) is 4.90 Å². The fourth-order valence-corrected chi connectivity index (χ4v) is 3.68. The van der Waals surface area contributed by atoms with Crippen molar-refractivity contribution in [3.8, 4) is 0 Å². The third-order valence-corrected chi connectivity index (χ3v) is 5.60. The van der Waals surface area contributed by atoms with Crippen molar-refractivity contribution in [3.63, 3.8) is 0 Å². The van der Waals surface area contributed by atoms with Crippen LogP contribution in [-0.4, -0.2) is 29.5 Å². The van der Waals surface area contributed by atoms with Crippen LogP contribution in [0.25, 0.3) is 11.0 Å². The fourth-order valence-electron chi connectivity index (χ4n) is 2.90. The number of nitrogens with two attached hydrogens (primary N) is 1. The molecule has 0 spiro atoms. The second-order valence-corrected chi connectivity index (χ2v) is 8.17. The smallest absolute Gasteiger partial charge is 0.238 e. The summed E-state index contributed by atoms with van der Waals surface area (Å²) in [6.45, 7) is 1.04. The second-order valence-electron chi connectivity index (χ2n) is 6.25. The first-order valence-electron chi connectivity index (χ1n) is 7.82. The van der Waals surface area contributed by atoms with Gasteiger partial charge in [0.15, 0.2) is 4.77 Å². The number of aromatic nitrogens is 2. The predicted octanol–water partition coefficient (Wildman–Crippen LogP) is 2.59. The number of aryl methyl sites for hydroxylation is 1. The maximum Gasteiger partial charge on any atom is 0.238 e. The van der Waals surface area contributed by atoms with Crippen molar-refractivity contribution in [2.24, 2.45) is 12.2 Å². The Bertz CT molecular complexity index is 1120. The Morgan fingerprint density at radius 3 is 2.42 bits per heavy atom. The summed E-state index contributed by atoms with van der Waals surface area (Å²) in [4.78, 5) is 2.05. The van der Waals surface area contributed by atoms with Gasteiger partial charge in [-0.2, -0.15) is 0 Å². The van der Waals surface area contributed by atoms with E-state index < -0.39 is 10.0 Å². The molecule has 0 unspecified atom stereocenters. The quantitative estimate of drug-likeness (QED) is 0.675. The molecule has 0 radical (unpaired) electrons. The summed E-state index contributed by atoms with van der Waals surface area (Å²) in [7, 11) is -0.0601. The molecule has 0 saturated heterocycles. The van der Waals surface area contributed by atoms with E-state index in [4.69, 9.17) is 17.4 Å². The first-order valence-corrected chi connectivity index (χ1v) is 9.77. The number of primary sulfonamides is 1. The maximum atomic E-state index is 13.0. The number of nitrogens with zero attached hydrogens (tertiary/aromatic N) is 3. The number of sulfonamides is 1. The molecule has 0 amide bonds. The van der Waals surface area contributed by atoms with Crippen molar-refractivity contribution in [1.82, 2.24) is 14.0 Å². The fraction of sp³-hybridized carbons (Fsp3) is 0.235. The highest BCUT2D eigenvalue weighted by atomic mass is 32.2. The highest BCUT2D eigenvalue weighted by Gasteiger charge is 2.15. The van der Waals surface area contributed by atoms with E-state index in [0.717, 1.165) is 11.1 Å². The molecule has 9 heteroatoms. The molecule has 0 aliphatic rings. The van der Waals surface area contributed by atoms with E-state index >= 15 is 0 Å². The van der Waals surface area contributed by atoms with Crippen LogP contribution in [0.15, 0.2) is 47.4 Å². The van der Waals surface area contributed by atoms with Gasteiger partial charge in [0.2, 0.25) is 10.0 Å². The van der Waals surface area contributed by atoms with Gasteiger partial charge in [-0.15, -0.1) is 0 Å².